The highest BCUT2D eigenvalue weighted by molar-refractivity contribution is 5.73. The second kappa shape index (κ2) is 9.84. The summed E-state index contributed by atoms with van der Waals surface area (Å²) in [5.74, 6) is -0.186. The van der Waals surface area contributed by atoms with Crippen LogP contribution in [-0.2, 0) is 16.1 Å². The first-order valence-electron chi connectivity index (χ1n) is 8.68. The Morgan fingerprint density at radius 3 is 2.36 bits per heavy atom. The van der Waals surface area contributed by atoms with Gasteiger partial charge >= 0.3 is 5.97 Å². The molecule has 2 atom stereocenters. The molecule has 0 aliphatic carbocycles. The highest BCUT2D eigenvalue weighted by Gasteiger charge is 2.28. The van der Waals surface area contributed by atoms with Crippen molar-refractivity contribution in [1.82, 2.24) is 0 Å². The molecule has 0 radical (unpaired) electrons. The summed E-state index contributed by atoms with van der Waals surface area (Å²) in [5, 5.41) is 10.6. The van der Waals surface area contributed by atoms with E-state index in [-0.39, 0.29) is 5.97 Å². The van der Waals surface area contributed by atoms with Gasteiger partial charge in [0.25, 0.3) is 0 Å². The molecule has 2 unspecified atom stereocenters. The van der Waals surface area contributed by atoms with Gasteiger partial charge in [0.1, 0.15) is 12.4 Å². The van der Waals surface area contributed by atoms with E-state index in [1.54, 1.807) is 12.1 Å². The minimum Gasteiger partial charge on any atom is -0.489 e. The van der Waals surface area contributed by atoms with Gasteiger partial charge in [-0.25, -0.2) is 0 Å². The van der Waals surface area contributed by atoms with E-state index in [1.165, 1.54) is 7.11 Å². The summed E-state index contributed by atoms with van der Waals surface area (Å²) >= 11 is 0. The number of carbonyl (C=O) groups excluding carboxylic acids is 1. The highest BCUT2D eigenvalue weighted by Crippen LogP contribution is 2.29. The van der Waals surface area contributed by atoms with E-state index in [0.717, 1.165) is 24.2 Å². The fraction of sp³-hybridized carbons (Fsp3) is 0.381. The van der Waals surface area contributed by atoms with Crippen molar-refractivity contribution in [3.63, 3.8) is 0 Å². The largest absolute Gasteiger partial charge is 0.489 e. The Labute approximate surface area is 149 Å². The van der Waals surface area contributed by atoms with Crippen LogP contribution in [0.4, 0.5) is 0 Å². The van der Waals surface area contributed by atoms with Gasteiger partial charge in [-0.15, -0.1) is 0 Å². The Hall–Kier alpha value is -2.33. The summed E-state index contributed by atoms with van der Waals surface area (Å²) in [6.07, 6.45) is 1.57. The Balaban J connectivity index is 2.00. The van der Waals surface area contributed by atoms with Crippen LogP contribution in [0.3, 0.4) is 0 Å². The van der Waals surface area contributed by atoms with Crippen LogP contribution in [0.15, 0.2) is 54.6 Å². The fourth-order valence-corrected chi connectivity index (χ4v) is 2.71. The molecule has 2 rings (SSSR count). The zero-order valence-corrected chi connectivity index (χ0v) is 14.9. The number of ether oxygens (including phenoxy) is 2. The van der Waals surface area contributed by atoms with Crippen molar-refractivity contribution in [2.75, 3.05) is 7.11 Å². The number of carbonyl (C=O) groups is 1. The third kappa shape index (κ3) is 5.61. The molecule has 0 saturated heterocycles. The number of aliphatic hydroxyl groups excluding tert-OH is 1. The number of unbranched alkanes of at least 4 members (excludes halogenated alkanes) is 1. The lowest BCUT2D eigenvalue weighted by atomic mass is 9.91. The minimum absolute atomic E-state index is 0.370. The van der Waals surface area contributed by atoms with Crippen molar-refractivity contribution in [2.24, 2.45) is 5.92 Å². The van der Waals surface area contributed by atoms with Gasteiger partial charge in [0.05, 0.1) is 19.1 Å². The highest BCUT2D eigenvalue weighted by atomic mass is 16.5. The summed E-state index contributed by atoms with van der Waals surface area (Å²) in [4.78, 5) is 12.0. The molecule has 1 N–H and O–H groups in total. The Kier molecular flexibility index (Phi) is 7.48. The molecule has 134 valence electrons. The van der Waals surface area contributed by atoms with E-state index in [2.05, 4.69) is 6.92 Å². The van der Waals surface area contributed by atoms with Crippen LogP contribution in [0.25, 0.3) is 0 Å². The second-order valence-electron chi connectivity index (χ2n) is 6.06. The zero-order chi connectivity index (χ0) is 18.1. The summed E-state index contributed by atoms with van der Waals surface area (Å²) in [6.45, 7) is 2.55. The molecule has 4 nitrogen and oxygen atoms in total. The predicted molar refractivity (Wildman–Crippen MR) is 97.2 cm³/mol. The quantitative estimate of drug-likeness (QED) is 0.691. The van der Waals surface area contributed by atoms with E-state index in [1.807, 2.05) is 42.5 Å². The third-order valence-corrected chi connectivity index (χ3v) is 4.22. The van der Waals surface area contributed by atoms with Crippen LogP contribution in [-0.4, -0.2) is 18.2 Å². The Bertz CT molecular complexity index is 637. The number of benzene rings is 2. The maximum absolute atomic E-state index is 12.0. The van der Waals surface area contributed by atoms with Crippen molar-refractivity contribution in [1.29, 1.82) is 0 Å². The smallest absolute Gasteiger partial charge is 0.311 e. The Morgan fingerprint density at radius 1 is 1.08 bits per heavy atom. The lowest BCUT2D eigenvalue weighted by molar-refractivity contribution is -0.150. The SMILES string of the molecule is CCCCC(C(=O)OC)C(O)c1ccc(OCc2ccccc2)cc1. The monoisotopic (exact) mass is 342 g/mol. The molecule has 2 aromatic rings. The molecule has 0 spiro atoms. The summed E-state index contributed by atoms with van der Waals surface area (Å²) in [7, 11) is 1.36. The molecular formula is C21H26O4. The molecule has 25 heavy (non-hydrogen) atoms. The van der Waals surface area contributed by atoms with E-state index < -0.39 is 12.0 Å². The molecule has 0 aliphatic heterocycles. The number of aliphatic hydroxyl groups is 1. The number of hydrogen-bond donors (Lipinski definition) is 1. The lowest BCUT2D eigenvalue weighted by Gasteiger charge is -2.21. The number of rotatable bonds is 9. The molecular weight excluding hydrogens is 316 g/mol. The maximum atomic E-state index is 12.0. The third-order valence-electron chi connectivity index (χ3n) is 4.22. The van der Waals surface area contributed by atoms with Crippen molar-refractivity contribution >= 4 is 5.97 Å². The standard InChI is InChI=1S/C21H26O4/c1-3-4-10-19(21(23)24-2)20(22)17-11-13-18(14-12-17)25-15-16-8-6-5-7-9-16/h5-9,11-14,19-20,22H,3-4,10,15H2,1-2H3. The molecule has 0 saturated carbocycles. The molecule has 0 amide bonds. The zero-order valence-electron chi connectivity index (χ0n) is 14.9. The Morgan fingerprint density at radius 2 is 1.76 bits per heavy atom. The number of hydrogen-bond acceptors (Lipinski definition) is 4. The first-order valence-corrected chi connectivity index (χ1v) is 8.68. The number of methoxy groups -OCH3 is 1. The van der Waals surface area contributed by atoms with E-state index in [0.29, 0.717) is 18.6 Å². The summed E-state index contributed by atoms with van der Waals surface area (Å²) < 4.78 is 10.6. The normalized spacial score (nSPS) is 13.1. The van der Waals surface area contributed by atoms with Crippen molar-refractivity contribution < 1.29 is 19.4 Å². The van der Waals surface area contributed by atoms with Gasteiger partial charge in [-0.1, -0.05) is 62.2 Å². The first kappa shape index (κ1) is 19.0. The summed E-state index contributed by atoms with van der Waals surface area (Å²) in [5.41, 5.74) is 1.79. The van der Waals surface area contributed by atoms with Gasteiger partial charge in [0.15, 0.2) is 0 Å². The van der Waals surface area contributed by atoms with Gasteiger partial charge < -0.3 is 14.6 Å². The van der Waals surface area contributed by atoms with Crippen LogP contribution in [0.1, 0.15) is 43.4 Å². The van der Waals surface area contributed by atoms with Crippen molar-refractivity contribution in [2.45, 2.75) is 38.9 Å². The van der Waals surface area contributed by atoms with Crippen molar-refractivity contribution in [3.8, 4) is 5.75 Å². The van der Waals surface area contributed by atoms with Gasteiger partial charge in [0, 0.05) is 0 Å². The van der Waals surface area contributed by atoms with Gasteiger partial charge in [-0.3, -0.25) is 4.79 Å². The fourth-order valence-electron chi connectivity index (χ4n) is 2.71. The minimum atomic E-state index is -0.873. The number of esters is 1. The molecule has 2 aromatic carbocycles. The average molecular weight is 342 g/mol. The van der Waals surface area contributed by atoms with Gasteiger partial charge in [-0.05, 0) is 29.7 Å². The lowest BCUT2D eigenvalue weighted by Crippen LogP contribution is -2.23. The van der Waals surface area contributed by atoms with Crippen LogP contribution in [0, 0.1) is 5.92 Å². The van der Waals surface area contributed by atoms with Crippen LogP contribution in [0.2, 0.25) is 0 Å². The first-order chi connectivity index (χ1) is 12.2. The molecule has 0 fully saturated rings. The van der Waals surface area contributed by atoms with Crippen LogP contribution >= 0.6 is 0 Å². The molecule has 0 bridgehead atoms. The van der Waals surface area contributed by atoms with Crippen molar-refractivity contribution in [3.05, 3.63) is 65.7 Å². The maximum Gasteiger partial charge on any atom is 0.311 e. The predicted octanol–water partition coefficient (Wildman–Crippen LogP) is 4.28. The van der Waals surface area contributed by atoms with Crippen LogP contribution < -0.4 is 4.74 Å². The molecule has 0 heterocycles. The van der Waals surface area contributed by atoms with Crippen LogP contribution in [0.5, 0.6) is 5.75 Å². The second-order valence-corrected chi connectivity index (χ2v) is 6.06. The van der Waals surface area contributed by atoms with Gasteiger partial charge in [-0.2, -0.15) is 0 Å². The average Bonchev–Trinajstić information content (AvgIpc) is 2.67. The van der Waals surface area contributed by atoms with E-state index >= 15 is 0 Å². The molecule has 0 aromatic heterocycles. The van der Waals surface area contributed by atoms with Gasteiger partial charge in [0.2, 0.25) is 0 Å². The van der Waals surface area contributed by atoms with E-state index in [9.17, 15) is 9.90 Å². The molecule has 0 aliphatic rings. The topological polar surface area (TPSA) is 55.8 Å². The molecule has 4 heteroatoms. The summed E-state index contributed by atoms with van der Waals surface area (Å²) in [6, 6.07) is 17.2. The van der Waals surface area contributed by atoms with E-state index in [4.69, 9.17) is 9.47 Å².